The molecule has 0 radical (unpaired) electrons. The van der Waals surface area contributed by atoms with Gasteiger partial charge in [-0.3, -0.25) is 0 Å². The standard InChI is InChI=1S/C9H11BrO4/c1-13-5-14-8-3-2-7(12)6(4-11)9(8)10/h2-3,11-12H,4-5H2,1H3. The summed E-state index contributed by atoms with van der Waals surface area (Å²) in [6.07, 6.45) is 0. The van der Waals surface area contributed by atoms with E-state index in [0.717, 1.165) is 0 Å². The van der Waals surface area contributed by atoms with Crippen LogP contribution in [0.1, 0.15) is 5.56 Å². The first kappa shape index (κ1) is 11.3. The van der Waals surface area contributed by atoms with Crippen LogP contribution in [0.4, 0.5) is 0 Å². The lowest BCUT2D eigenvalue weighted by Crippen LogP contribution is -2.00. The van der Waals surface area contributed by atoms with Crippen LogP contribution in [0.15, 0.2) is 16.6 Å². The first-order valence-corrected chi connectivity index (χ1v) is 4.73. The van der Waals surface area contributed by atoms with E-state index >= 15 is 0 Å². The van der Waals surface area contributed by atoms with Gasteiger partial charge in [0, 0.05) is 12.7 Å². The first-order valence-electron chi connectivity index (χ1n) is 3.93. The Hall–Kier alpha value is -0.780. The number of hydrogen-bond donors (Lipinski definition) is 2. The van der Waals surface area contributed by atoms with Crippen molar-refractivity contribution in [3.8, 4) is 11.5 Å². The van der Waals surface area contributed by atoms with Gasteiger partial charge in [0.05, 0.1) is 11.1 Å². The smallest absolute Gasteiger partial charge is 0.188 e. The number of halogens is 1. The van der Waals surface area contributed by atoms with Crippen LogP contribution in [0, 0.1) is 0 Å². The molecule has 0 heterocycles. The van der Waals surface area contributed by atoms with Crippen molar-refractivity contribution in [1.82, 2.24) is 0 Å². The Kier molecular flexibility index (Phi) is 4.19. The molecule has 0 aliphatic rings. The average molecular weight is 263 g/mol. The summed E-state index contributed by atoms with van der Waals surface area (Å²) in [7, 11) is 1.52. The van der Waals surface area contributed by atoms with Crippen molar-refractivity contribution >= 4 is 15.9 Å². The van der Waals surface area contributed by atoms with E-state index < -0.39 is 0 Å². The molecule has 0 atom stereocenters. The van der Waals surface area contributed by atoms with Gasteiger partial charge in [-0.25, -0.2) is 0 Å². The van der Waals surface area contributed by atoms with Crippen LogP contribution in [-0.4, -0.2) is 24.1 Å². The molecular weight excluding hydrogens is 252 g/mol. The fourth-order valence-corrected chi connectivity index (χ4v) is 1.55. The minimum Gasteiger partial charge on any atom is -0.508 e. The fourth-order valence-electron chi connectivity index (χ4n) is 0.974. The van der Waals surface area contributed by atoms with Crippen molar-refractivity contribution in [2.24, 2.45) is 0 Å². The highest BCUT2D eigenvalue weighted by Gasteiger charge is 2.10. The number of benzene rings is 1. The lowest BCUT2D eigenvalue weighted by atomic mass is 10.2. The van der Waals surface area contributed by atoms with Gasteiger partial charge in [0.1, 0.15) is 11.5 Å². The fraction of sp³-hybridized carbons (Fsp3) is 0.333. The normalized spacial score (nSPS) is 10.2. The predicted molar refractivity (Wildman–Crippen MR) is 54.2 cm³/mol. The minimum absolute atomic E-state index is 0.0316. The van der Waals surface area contributed by atoms with Gasteiger partial charge in [-0.2, -0.15) is 0 Å². The van der Waals surface area contributed by atoms with Gasteiger partial charge in [-0.15, -0.1) is 0 Å². The highest BCUT2D eigenvalue weighted by atomic mass is 79.9. The van der Waals surface area contributed by atoms with Crippen LogP contribution >= 0.6 is 15.9 Å². The minimum atomic E-state index is -0.253. The Morgan fingerprint density at radius 2 is 2.14 bits per heavy atom. The van der Waals surface area contributed by atoms with Gasteiger partial charge in [-0.1, -0.05) is 0 Å². The molecule has 5 heteroatoms. The third-order valence-electron chi connectivity index (χ3n) is 1.67. The summed E-state index contributed by atoms with van der Waals surface area (Å²) in [5.74, 6) is 0.554. The summed E-state index contributed by atoms with van der Waals surface area (Å²) in [5.41, 5.74) is 0.401. The second-order valence-electron chi connectivity index (χ2n) is 2.58. The van der Waals surface area contributed by atoms with Gasteiger partial charge in [0.25, 0.3) is 0 Å². The zero-order valence-electron chi connectivity index (χ0n) is 7.66. The molecule has 78 valence electrons. The Labute approximate surface area is 90.2 Å². The molecule has 1 aromatic carbocycles. The van der Waals surface area contributed by atoms with E-state index in [1.54, 1.807) is 6.07 Å². The number of aliphatic hydroxyl groups excluding tert-OH is 1. The van der Waals surface area contributed by atoms with E-state index in [-0.39, 0.29) is 19.1 Å². The number of rotatable bonds is 4. The molecule has 0 fully saturated rings. The summed E-state index contributed by atoms with van der Waals surface area (Å²) in [6.45, 7) is -0.134. The van der Waals surface area contributed by atoms with Gasteiger partial charge < -0.3 is 19.7 Å². The number of phenols is 1. The molecule has 1 rings (SSSR count). The van der Waals surface area contributed by atoms with E-state index in [2.05, 4.69) is 15.9 Å². The molecule has 0 unspecified atom stereocenters. The number of aliphatic hydroxyl groups is 1. The number of aromatic hydroxyl groups is 1. The van der Waals surface area contributed by atoms with E-state index in [9.17, 15) is 5.11 Å². The quantitative estimate of drug-likeness (QED) is 0.810. The van der Waals surface area contributed by atoms with E-state index in [1.807, 2.05) is 0 Å². The van der Waals surface area contributed by atoms with Gasteiger partial charge in [0.2, 0.25) is 0 Å². The van der Waals surface area contributed by atoms with Crippen LogP contribution in [0.5, 0.6) is 11.5 Å². The van der Waals surface area contributed by atoms with Crippen LogP contribution in [0.25, 0.3) is 0 Å². The molecule has 1 aromatic rings. The van der Waals surface area contributed by atoms with E-state index in [4.69, 9.17) is 14.6 Å². The zero-order chi connectivity index (χ0) is 10.6. The zero-order valence-corrected chi connectivity index (χ0v) is 9.24. The molecule has 0 aliphatic heterocycles. The number of hydrogen-bond acceptors (Lipinski definition) is 4. The predicted octanol–water partition coefficient (Wildman–Crippen LogP) is 1.63. The second kappa shape index (κ2) is 5.19. The monoisotopic (exact) mass is 262 g/mol. The molecule has 0 saturated carbocycles. The van der Waals surface area contributed by atoms with E-state index in [1.165, 1.54) is 13.2 Å². The molecule has 0 aromatic heterocycles. The van der Waals surface area contributed by atoms with E-state index in [0.29, 0.717) is 15.8 Å². The highest BCUT2D eigenvalue weighted by molar-refractivity contribution is 9.10. The van der Waals surface area contributed by atoms with Crippen molar-refractivity contribution < 1.29 is 19.7 Å². The molecule has 14 heavy (non-hydrogen) atoms. The largest absolute Gasteiger partial charge is 0.508 e. The summed E-state index contributed by atoms with van der Waals surface area (Å²) >= 11 is 3.22. The van der Waals surface area contributed by atoms with Crippen LogP contribution in [0.2, 0.25) is 0 Å². The number of ether oxygens (including phenoxy) is 2. The molecule has 0 spiro atoms. The molecule has 0 saturated heterocycles. The topological polar surface area (TPSA) is 58.9 Å². The lowest BCUT2D eigenvalue weighted by Gasteiger charge is -2.10. The van der Waals surface area contributed by atoms with Crippen molar-refractivity contribution in [3.63, 3.8) is 0 Å². The Balaban J connectivity index is 2.96. The first-order chi connectivity index (χ1) is 6.70. The summed E-state index contributed by atoms with van der Waals surface area (Å²) in [5, 5.41) is 18.3. The van der Waals surface area contributed by atoms with Crippen molar-refractivity contribution in [2.45, 2.75) is 6.61 Å². The SMILES string of the molecule is COCOc1ccc(O)c(CO)c1Br. The highest BCUT2D eigenvalue weighted by Crippen LogP contribution is 2.34. The molecule has 0 aliphatic carbocycles. The summed E-state index contributed by atoms with van der Waals surface area (Å²) in [4.78, 5) is 0. The van der Waals surface area contributed by atoms with Crippen molar-refractivity contribution in [2.75, 3.05) is 13.9 Å². The summed E-state index contributed by atoms with van der Waals surface area (Å²) in [6, 6.07) is 3.05. The van der Waals surface area contributed by atoms with Gasteiger partial charge in [0.15, 0.2) is 6.79 Å². The van der Waals surface area contributed by atoms with Crippen molar-refractivity contribution in [3.05, 3.63) is 22.2 Å². The summed E-state index contributed by atoms with van der Waals surface area (Å²) < 4.78 is 10.5. The Morgan fingerprint density at radius 1 is 1.43 bits per heavy atom. The van der Waals surface area contributed by atoms with Crippen LogP contribution in [-0.2, 0) is 11.3 Å². The van der Waals surface area contributed by atoms with Crippen LogP contribution in [0.3, 0.4) is 0 Å². The average Bonchev–Trinajstić information content (AvgIpc) is 2.18. The van der Waals surface area contributed by atoms with Crippen molar-refractivity contribution in [1.29, 1.82) is 0 Å². The number of methoxy groups -OCH3 is 1. The second-order valence-corrected chi connectivity index (χ2v) is 3.38. The molecule has 0 bridgehead atoms. The third-order valence-corrected chi connectivity index (χ3v) is 2.54. The molecular formula is C9H11BrO4. The Bertz CT molecular complexity index is 314. The maximum absolute atomic E-state index is 9.36. The Morgan fingerprint density at radius 3 is 2.71 bits per heavy atom. The third kappa shape index (κ3) is 2.37. The van der Waals surface area contributed by atoms with Gasteiger partial charge >= 0.3 is 0 Å². The maximum atomic E-state index is 9.36. The maximum Gasteiger partial charge on any atom is 0.188 e. The molecule has 4 nitrogen and oxygen atoms in total. The lowest BCUT2D eigenvalue weighted by molar-refractivity contribution is 0.0503. The van der Waals surface area contributed by atoms with Gasteiger partial charge in [-0.05, 0) is 28.1 Å². The molecule has 0 amide bonds. The molecule has 2 N–H and O–H groups in total. The van der Waals surface area contributed by atoms with Crippen LogP contribution < -0.4 is 4.74 Å².